The molecule has 29 heavy (non-hydrogen) atoms. The molecule has 0 saturated heterocycles. The Labute approximate surface area is 168 Å². The van der Waals surface area contributed by atoms with E-state index in [9.17, 15) is 18.0 Å². The first-order chi connectivity index (χ1) is 14.0. The third-order valence-corrected chi connectivity index (χ3v) is 5.35. The zero-order valence-electron chi connectivity index (χ0n) is 15.2. The molecule has 1 heterocycles. The van der Waals surface area contributed by atoms with Gasteiger partial charge in [0.2, 0.25) is 10.0 Å². The van der Waals surface area contributed by atoms with E-state index in [-0.39, 0.29) is 17.0 Å². The first kappa shape index (κ1) is 20.2. The fraction of sp³-hybridized carbons (Fsp3) is 0.0500. The predicted molar refractivity (Wildman–Crippen MR) is 106 cm³/mol. The Morgan fingerprint density at radius 1 is 0.793 bits per heavy atom. The third kappa shape index (κ3) is 5.47. The number of benzene rings is 2. The number of hydrazine groups is 1. The molecule has 0 spiro atoms. The number of pyridine rings is 1. The van der Waals surface area contributed by atoms with Gasteiger partial charge in [-0.05, 0) is 35.9 Å². The second-order valence-corrected chi connectivity index (χ2v) is 7.75. The molecule has 2 amide bonds. The maximum absolute atomic E-state index is 12.5. The zero-order chi connectivity index (χ0) is 20.7. The van der Waals surface area contributed by atoms with Crippen molar-refractivity contribution in [2.75, 3.05) is 0 Å². The second-order valence-electron chi connectivity index (χ2n) is 5.98. The normalized spacial score (nSPS) is 10.9. The summed E-state index contributed by atoms with van der Waals surface area (Å²) < 4.78 is 27.5. The molecule has 3 aromatic rings. The van der Waals surface area contributed by atoms with Crippen molar-refractivity contribution < 1.29 is 18.0 Å². The molecule has 0 fully saturated rings. The fourth-order valence-electron chi connectivity index (χ4n) is 2.42. The number of hydrogen-bond donors (Lipinski definition) is 3. The number of sulfonamides is 1. The molecule has 0 aliphatic carbocycles. The van der Waals surface area contributed by atoms with Crippen molar-refractivity contribution in [1.29, 1.82) is 0 Å². The molecule has 2 aromatic carbocycles. The minimum absolute atomic E-state index is 0.0541. The van der Waals surface area contributed by atoms with Gasteiger partial charge in [0.15, 0.2) is 0 Å². The molecule has 9 heteroatoms. The van der Waals surface area contributed by atoms with Gasteiger partial charge in [-0.3, -0.25) is 25.4 Å². The van der Waals surface area contributed by atoms with Crippen LogP contribution in [0.15, 0.2) is 84.0 Å². The maximum atomic E-state index is 12.5. The van der Waals surface area contributed by atoms with Gasteiger partial charge in [0.05, 0.1) is 4.90 Å². The Morgan fingerprint density at radius 2 is 1.45 bits per heavy atom. The first-order valence-electron chi connectivity index (χ1n) is 8.60. The summed E-state index contributed by atoms with van der Waals surface area (Å²) in [5, 5.41) is 0. The van der Waals surface area contributed by atoms with Crippen molar-refractivity contribution in [3.8, 4) is 0 Å². The van der Waals surface area contributed by atoms with Crippen LogP contribution in [-0.2, 0) is 16.6 Å². The van der Waals surface area contributed by atoms with E-state index >= 15 is 0 Å². The highest BCUT2D eigenvalue weighted by molar-refractivity contribution is 7.89. The smallest absolute Gasteiger partial charge is 0.267 e. The van der Waals surface area contributed by atoms with Crippen LogP contribution >= 0.6 is 0 Å². The largest absolute Gasteiger partial charge is 0.269 e. The number of aromatic nitrogens is 1. The van der Waals surface area contributed by atoms with Gasteiger partial charge in [0, 0.05) is 30.1 Å². The van der Waals surface area contributed by atoms with Gasteiger partial charge in [-0.15, -0.1) is 0 Å². The van der Waals surface area contributed by atoms with Crippen molar-refractivity contribution in [2.24, 2.45) is 0 Å². The van der Waals surface area contributed by atoms with E-state index in [1.54, 1.807) is 12.1 Å². The minimum Gasteiger partial charge on any atom is -0.267 e. The van der Waals surface area contributed by atoms with Gasteiger partial charge < -0.3 is 0 Å². The lowest BCUT2D eigenvalue weighted by Gasteiger charge is -2.10. The van der Waals surface area contributed by atoms with E-state index in [2.05, 4.69) is 20.6 Å². The van der Waals surface area contributed by atoms with Crippen molar-refractivity contribution in [3.63, 3.8) is 0 Å². The molecule has 0 aliphatic heterocycles. The monoisotopic (exact) mass is 410 g/mol. The van der Waals surface area contributed by atoms with E-state index in [0.717, 1.165) is 5.56 Å². The molecule has 1 aromatic heterocycles. The zero-order valence-corrected chi connectivity index (χ0v) is 16.0. The lowest BCUT2D eigenvalue weighted by Crippen LogP contribution is -2.41. The van der Waals surface area contributed by atoms with Crippen LogP contribution in [0.25, 0.3) is 0 Å². The van der Waals surface area contributed by atoms with Crippen LogP contribution in [0.2, 0.25) is 0 Å². The van der Waals surface area contributed by atoms with E-state index in [4.69, 9.17) is 0 Å². The average molecular weight is 410 g/mol. The van der Waals surface area contributed by atoms with Crippen molar-refractivity contribution >= 4 is 21.8 Å². The summed E-state index contributed by atoms with van der Waals surface area (Å²) in [6, 6.07) is 17.6. The van der Waals surface area contributed by atoms with Crippen LogP contribution in [0.1, 0.15) is 26.3 Å². The molecule has 0 atom stereocenters. The number of hydrogen-bond acceptors (Lipinski definition) is 5. The summed E-state index contributed by atoms with van der Waals surface area (Å²) >= 11 is 0. The summed E-state index contributed by atoms with van der Waals surface area (Å²) in [7, 11) is -3.81. The number of carbonyl (C=O) groups excluding carboxylic acids is 2. The highest BCUT2D eigenvalue weighted by Crippen LogP contribution is 2.12. The van der Waals surface area contributed by atoms with Gasteiger partial charge in [-0.2, -0.15) is 0 Å². The molecule has 148 valence electrons. The Hall–Kier alpha value is -3.56. The Bertz CT molecular complexity index is 1100. The number of rotatable bonds is 6. The van der Waals surface area contributed by atoms with Gasteiger partial charge >= 0.3 is 0 Å². The molecule has 8 nitrogen and oxygen atoms in total. The molecular formula is C20H18N4O4S. The standard InChI is InChI=1S/C20H18N4O4S/c25-19(16-9-11-21-12-10-16)23-24-20(26)17-7-4-8-18(13-17)29(27,28)22-14-15-5-2-1-3-6-15/h1-13,22H,14H2,(H,23,25)(H,24,26). The SMILES string of the molecule is O=C(NNC(=O)c1cccc(S(=O)(=O)NCc2ccccc2)c1)c1ccncc1. The summed E-state index contributed by atoms with van der Waals surface area (Å²) in [6.07, 6.45) is 2.90. The molecular weight excluding hydrogens is 392 g/mol. The lowest BCUT2D eigenvalue weighted by molar-refractivity contribution is 0.0846. The Morgan fingerprint density at radius 3 is 2.14 bits per heavy atom. The van der Waals surface area contributed by atoms with Crippen LogP contribution in [0, 0.1) is 0 Å². The second kappa shape index (κ2) is 9.09. The topological polar surface area (TPSA) is 117 Å². The van der Waals surface area contributed by atoms with Crippen LogP contribution < -0.4 is 15.6 Å². The van der Waals surface area contributed by atoms with E-state index in [1.165, 1.54) is 48.8 Å². The van der Waals surface area contributed by atoms with Gasteiger partial charge in [-0.1, -0.05) is 36.4 Å². The molecule has 0 radical (unpaired) electrons. The summed E-state index contributed by atoms with van der Waals surface area (Å²) in [6.45, 7) is 0.127. The number of carbonyl (C=O) groups is 2. The van der Waals surface area contributed by atoms with Crippen molar-refractivity contribution in [3.05, 3.63) is 95.8 Å². The van der Waals surface area contributed by atoms with Gasteiger partial charge in [0.25, 0.3) is 11.8 Å². The van der Waals surface area contributed by atoms with E-state index in [1.807, 2.05) is 18.2 Å². The van der Waals surface area contributed by atoms with Crippen LogP contribution in [0.5, 0.6) is 0 Å². The molecule has 3 rings (SSSR count). The fourth-order valence-corrected chi connectivity index (χ4v) is 3.49. The Kier molecular flexibility index (Phi) is 6.32. The summed E-state index contributed by atoms with van der Waals surface area (Å²) in [5.41, 5.74) is 5.75. The van der Waals surface area contributed by atoms with Crippen LogP contribution in [0.4, 0.5) is 0 Å². The number of nitrogens with one attached hydrogen (secondary N) is 3. The summed E-state index contributed by atoms with van der Waals surface area (Å²) in [4.78, 5) is 28.0. The minimum atomic E-state index is -3.81. The molecule has 0 bridgehead atoms. The first-order valence-corrected chi connectivity index (χ1v) is 10.1. The lowest BCUT2D eigenvalue weighted by atomic mass is 10.2. The Balaban J connectivity index is 1.65. The average Bonchev–Trinajstić information content (AvgIpc) is 2.77. The van der Waals surface area contributed by atoms with E-state index in [0.29, 0.717) is 5.56 Å². The predicted octanol–water partition coefficient (Wildman–Crippen LogP) is 1.63. The number of nitrogens with zero attached hydrogens (tertiary/aromatic N) is 1. The molecule has 0 aliphatic rings. The van der Waals surface area contributed by atoms with Crippen molar-refractivity contribution in [1.82, 2.24) is 20.6 Å². The van der Waals surface area contributed by atoms with Crippen LogP contribution in [0.3, 0.4) is 0 Å². The van der Waals surface area contributed by atoms with Crippen LogP contribution in [-0.4, -0.2) is 25.2 Å². The third-order valence-electron chi connectivity index (χ3n) is 3.95. The highest BCUT2D eigenvalue weighted by atomic mass is 32.2. The molecule has 0 saturated carbocycles. The summed E-state index contributed by atoms with van der Waals surface area (Å²) in [5.74, 6) is -1.17. The quantitative estimate of drug-likeness (QED) is 0.534. The molecule has 3 N–H and O–H groups in total. The van der Waals surface area contributed by atoms with E-state index < -0.39 is 21.8 Å². The van der Waals surface area contributed by atoms with Gasteiger partial charge in [0.1, 0.15) is 0 Å². The highest BCUT2D eigenvalue weighted by Gasteiger charge is 2.16. The van der Waals surface area contributed by atoms with Gasteiger partial charge in [-0.25, -0.2) is 13.1 Å². The van der Waals surface area contributed by atoms with Crippen molar-refractivity contribution in [2.45, 2.75) is 11.4 Å². The number of amides is 2. The molecule has 0 unspecified atom stereocenters. The maximum Gasteiger partial charge on any atom is 0.269 e.